The molecule has 26 heavy (non-hydrogen) atoms. The maximum absolute atomic E-state index is 12.6. The molecule has 0 bridgehead atoms. The molecule has 3 heterocycles. The molecule has 1 saturated heterocycles. The van der Waals surface area contributed by atoms with Crippen LogP contribution in [0.4, 0.5) is 0 Å². The molecule has 1 amide bonds. The zero-order chi connectivity index (χ0) is 18.1. The predicted octanol–water partition coefficient (Wildman–Crippen LogP) is 3.40. The van der Waals surface area contributed by atoms with E-state index in [1.807, 2.05) is 0 Å². The molecule has 4 heteroatoms. The highest BCUT2D eigenvalue weighted by Gasteiger charge is 2.48. The van der Waals surface area contributed by atoms with Gasteiger partial charge < -0.3 is 10.3 Å². The molecule has 1 aromatic carbocycles. The van der Waals surface area contributed by atoms with Crippen molar-refractivity contribution in [2.75, 3.05) is 19.6 Å². The molecule has 0 spiro atoms. The van der Waals surface area contributed by atoms with E-state index in [-0.39, 0.29) is 17.4 Å². The Kier molecular flexibility index (Phi) is 4.50. The molecule has 136 valence electrons. The lowest BCUT2D eigenvalue weighted by atomic mass is 9.66. The second-order valence-corrected chi connectivity index (χ2v) is 7.73. The number of aromatic nitrogens is 1. The molecular weight excluding hydrogens is 322 g/mol. The molecule has 1 fully saturated rings. The number of nitrogens with zero attached hydrogens (tertiary/aromatic N) is 1. The van der Waals surface area contributed by atoms with Crippen LogP contribution in [0, 0.1) is 17.8 Å². The number of rotatable bonds is 4. The number of nitrogens with one attached hydrogen (secondary N) is 2. The quantitative estimate of drug-likeness (QED) is 0.831. The van der Waals surface area contributed by atoms with E-state index in [0.717, 1.165) is 38.8 Å². The van der Waals surface area contributed by atoms with E-state index in [1.165, 1.54) is 22.2 Å². The van der Waals surface area contributed by atoms with Crippen molar-refractivity contribution in [1.82, 2.24) is 15.2 Å². The summed E-state index contributed by atoms with van der Waals surface area (Å²) in [5, 5.41) is 4.22. The third-order valence-electron chi connectivity index (χ3n) is 6.44. The molecule has 2 aliphatic heterocycles. The SMILES string of the molecule is C#CCNC(=O)C[C@]1(CC)CCCN2CCc3c([nH]c4ccccc34)[C@@H]21. The van der Waals surface area contributed by atoms with Gasteiger partial charge in [0.05, 0.1) is 12.6 Å². The summed E-state index contributed by atoms with van der Waals surface area (Å²) in [5.41, 5.74) is 3.97. The molecule has 2 N–H and O–H groups in total. The van der Waals surface area contributed by atoms with Gasteiger partial charge in [0.25, 0.3) is 0 Å². The van der Waals surface area contributed by atoms with Crippen LogP contribution in [0.25, 0.3) is 10.9 Å². The molecule has 0 unspecified atom stereocenters. The summed E-state index contributed by atoms with van der Waals surface area (Å²) < 4.78 is 0. The Morgan fingerprint density at radius 1 is 1.42 bits per heavy atom. The van der Waals surface area contributed by atoms with Crippen LogP contribution in [0.15, 0.2) is 24.3 Å². The first-order valence-corrected chi connectivity index (χ1v) is 9.72. The van der Waals surface area contributed by atoms with Crippen molar-refractivity contribution in [3.05, 3.63) is 35.5 Å². The van der Waals surface area contributed by atoms with Crippen LogP contribution in [-0.4, -0.2) is 35.4 Å². The fourth-order valence-electron chi connectivity index (χ4n) is 5.21. The summed E-state index contributed by atoms with van der Waals surface area (Å²) in [6.07, 6.45) is 10.2. The summed E-state index contributed by atoms with van der Waals surface area (Å²) in [5.74, 6) is 2.59. The van der Waals surface area contributed by atoms with Gasteiger partial charge >= 0.3 is 0 Å². The Labute approximate surface area is 155 Å². The zero-order valence-corrected chi connectivity index (χ0v) is 15.5. The van der Waals surface area contributed by atoms with Gasteiger partial charge in [-0.15, -0.1) is 6.42 Å². The van der Waals surface area contributed by atoms with Crippen LogP contribution < -0.4 is 5.32 Å². The maximum atomic E-state index is 12.6. The molecule has 4 rings (SSSR count). The number of benzene rings is 1. The summed E-state index contributed by atoms with van der Waals surface area (Å²) in [6.45, 7) is 4.74. The van der Waals surface area contributed by atoms with E-state index in [9.17, 15) is 4.79 Å². The van der Waals surface area contributed by atoms with Crippen LogP contribution in [-0.2, 0) is 11.2 Å². The van der Waals surface area contributed by atoms with Crippen LogP contribution in [0.5, 0.6) is 0 Å². The highest BCUT2D eigenvalue weighted by Crippen LogP contribution is 2.53. The second kappa shape index (κ2) is 6.81. The molecule has 4 nitrogen and oxygen atoms in total. The van der Waals surface area contributed by atoms with Crippen molar-refractivity contribution >= 4 is 16.8 Å². The molecule has 2 aliphatic rings. The Balaban J connectivity index is 1.75. The highest BCUT2D eigenvalue weighted by atomic mass is 16.1. The first-order chi connectivity index (χ1) is 12.7. The lowest BCUT2D eigenvalue weighted by Gasteiger charge is -2.51. The molecular formula is C22H27N3O. The van der Waals surface area contributed by atoms with Gasteiger partial charge in [-0.2, -0.15) is 0 Å². The Bertz CT molecular complexity index is 862. The maximum Gasteiger partial charge on any atom is 0.221 e. The summed E-state index contributed by atoms with van der Waals surface area (Å²) in [4.78, 5) is 18.9. The van der Waals surface area contributed by atoms with Crippen LogP contribution in [0.1, 0.15) is 49.9 Å². The normalized spacial score (nSPS) is 25.3. The summed E-state index contributed by atoms with van der Waals surface area (Å²) in [7, 11) is 0. The van der Waals surface area contributed by atoms with Gasteiger partial charge in [-0.25, -0.2) is 0 Å². The van der Waals surface area contributed by atoms with Crippen molar-refractivity contribution in [3.63, 3.8) is 0 Å². The van der Waals surface area contributed by atoms with Crippen molar-refractivity contribution in [2.24, 2.45) is 5.41 Å². The van der Waals surface area contributed by atoms with Gasteiger partial charge in [-0.3, -0.25) is 9.69 Å². The molecule has 1 aromatic heterocycles. The number of fused-ring (bicyclic) bond motifs is 5. The number of terminal acetylenes is 1. The Morgan fingerprint density at radius 3 is 3.08 bits per heavy atom. The number of aromatic amines is 1. The van der Waals surface area contributed by atoms with Crippen LogP contribution >= 0.6 is 0 Å². The van der Waals surface area contributed by atoms with E-state index in [0.29, 0.717) is 13.0 Å². The minimum absolute atomic E-state index is 0.0347. The minimum Gasteiger partial charge on any atom is -0.357 e. The van der Waals surface area contributed by atoms with E-state index < -0.39 is 0 Å². The second-order valence-electron chi connectivity index (χ2n) is 7.73. The molecule has 2 aromatic rings. The van der Waals surface area contributed by atoms with E-state index in [1.54, 1.807) is 0 Å². The first kappa shape index (κ1) is 17.2. The molecule has 0 saturated carbocycles. The first-order valence-electron chi connectivity index (χ1n) is 9.72. The monoisotopic (exact) mass is 349 g/mol. The summed E-state index contributed by atoms with van der Waals surface area (Å²) in [6, 6.07) is 8.87. The highest BCUT2D eigenvalue weighted by molar-refractivity contribution is 5.85. The van der Waals surface area contributed by atoms with Crippen LogP contribution in [0.2, 0.25) is 0 Å². The number of H-pyrrole nitrogens is 1. The van der Waals surface area contributed by atoms with Gasteiger partial charge in [0.2, 0.25) is 5.91 Å². The van der Waals surface area contributed by atoms with Crippen molar-refractivity contribution in [1.29, 1.82) is 0 Å². The zero-order valence-electron chi connectivity index (χ0n) is 15.5. The Morgan fingerprint density at radius 2 is 2.27 bits per heavy atom. The number of amides is 1. The smallest absolute Gasteiger partial charge is 0.221 e. The molecule has 0 radical (unpaired) electrons. The van der Waals surface area contributed by atoms with Gasteiger partial charge in [0.1, 0.15) is 0 Å². The fourth-order valence-corrected chi connectivity index (χ4v) is 5.21. The van der Waals surface area contributed by atoms with Gasteiger partial charge in [-0.05, 0) is 43.9 Å². The van der Waals surface area contributed by atoms with E-state index in [4.69, 9.17) is 6.42 Å². The van der Waals surface area contributed by atoms with E-state index in [2.05, 4.69) is 52.3 Å². The minimum atomic E-state index is -0.0347. The number of para-hydroxylation sites is 1. The van der Waals surface area contributed by atoms with Crippen molar-refractivity contribution in [2.45, 2.75) is 45.1 Å². The average Bonchev–Trinajstić information content (AvgIpc) is 3.05. The molecule has 0 aliphatic carbocycles. The lowest BCUT2D eigenvalue weighted by Crippen LogP contribution is -2.50. The standard InChI is InChI=1S/C22H27N3O/c1-3-12-23-19(26)15-22(4-2)11-7-13-25-14-10-17-16-8-5-6-9-18(16)24-20(17)21(22)25/h1,5-6,8-9,21,24H,4,7,10-15H2,2H3,(H,23,26)/t21-,22+/m1/s1. The number of carbonyl (C=O) groups excluding carboxylic acids is 1. The number of hydrogen-bond acceptors (Lipinski definition) is 2. The van der Waals surface area contributed by atoms with Crippen LogP contribution in [0.3, 0.4) is 0 Å². The van der Waals surface area contributed by atoms with E-state index >= 15 is 0 Å². The third kappa shape index (κ3) is 2.71. The number of piperidine rings is 1. The lowest BCUT2D eigenvalue weighted by molar-refractivity contribution is -0.126. The van der Waals surface area contributed by atoms with Crippen molar-refractivity contribution < 1.29 is 4.79 Å². The van der Waals surface area contributed by atoms with Crippen molar-refractivity contribution in [3.8, 4) is 12.3 Å². The van der Waals surface area contributed by atoms with Gasteiger partial charge in [0.15, 0.2) is 0 Å². The summed E-state index contributed by atoms with van der Waals surface area (Å²) >= 11 is 0. The van der Waals surface area contributed by atoms with Gasteiger partial charge in [-0.1, -0.05) is 31.0 Å². The predicted molar refractivity (Wildman–Crippen MR) is 105 cm³/mol. The van der Waals surface area contributed by atoms with Gasteiger partial charge in [0, 0.05) is 35.0 Å². The number of hydrogen-bond donors (Lipinski definition) is 2. The topological polar surface area (TPSA) is 48.1 Å². The fraction of sp³-hybridized carbons (Fsp3) is 0.500. The Hall–Kier alpha value is -2.25. The third-order valence-corrected chi connectivity index (χ3v) is 6.44. The largest absolute Gasteiger partial charge is 0.357 e. The molecule has 2 atom stereocenters. The number of carbonyl (C=O) groups is 1. The average molecular weight is 349 g/mol.